The molecule has 2 aromatic heterocycles. The molecule has 9 nitrogen and oxygen atoms in total. The van der Waals surface area contributed by atoms with Crippen molar-refractivity contribution in [2.75, 3.05) is 12.0 Å². The van der Waals surface area contributed by atoms with Gasteiger partial charge in [-0.25, -0.2) is 4.98 Å². The van der Waals surface area contributed by atoms with Gasteiger partial charge in [-0.1, -0.05) is 18.0 Å². The van der Waals surface area contributed by atoms with Gasteiger partial charge in [0.2, 0.25) is 11.7 Å². The zero-order valence-corrected chi connectivity index (χ0v) is 14.9. The summed E-state index contributed by atoms with van der Waals surface area (Å²) in [6.07, 6.45) is 7.01. The van der Waals surface area contributed by atoms with E-state index < -0.39 is 11.7 Å². The zero-order chi connectivity index (χ0) is 18.2. The van der Waals surface area contributed by atoms with Crippen molar-refractivity contribution in [2.45, 2.75) is 56.3 Å². The van der Waals surface area contributed by atoms with Gasteiger partial charge in [-0.2, -0.15) is 14.5 Å². The van der Waals surface area contributed by atoms with Gasteiger partial charge in [0.15, 0.2) is 0 Å². The van der Waals surface area contributed by atoms with E-state index in [-0.39, 0.29) is 18.1 Å². The van der Waals surface area contributed by atoms with Crippen molar-refractivity contribution in [2.24, 2.45) is 11.0 Å². The number of hydrogen-bond donors (Lipinski definition) is 1. The summed E-state index contributed by atoms with van der Waals surface area (Å²) in [6, 6.07) is 0.0982. The van der Waals surface area contributed by atoms with Gasteiger partial charge in [-0.05, 0) is 25.7 Å². The van der Waals surface area contributed by atoms with E-state index in [1.54, 1.807) is 17.9 Å². The quantitative estimate of drug-likeness (QED) is 0.878. The number of hydrogen-bond acceptors (Lipinski definition) is 8. The molecule has 10 heteroatoms. The van der Waals surface area contributed by atoms with Gasteiger partial charge in [-0.3, -0.25) is 14.9 Å². The van der Waals surface area contributed by atoms with Gasteiger partial charge in [0, 0.05) is 19.1 Å². The predicted octanol–water partition coefficient (Wildman–Crippen LogP) is 1.88. The number of nitrogens with one attached hydrogen (secondary N) is 1. The molecular weight excluding hydrogens is 353 g/mol. The van der Waals surface area contributed by atoms with Crippen molar-refractivity contribution in [1.29, 1.82) is 0 Å². The lowest BCUT2D eigenvalue weighted by Gasteiger charge is -2.45. The Labute approximate surface area is 154 Å². The Hall–Kier alpha value is -2.49. The molecule has 1 N–H and O–H groups in total. The molecule has 142 valence electrons. The molecule has 2 saturated carbocycles. The molecule has 2 aliphatic heterocycles. The first-order valence-electron chi connectivity index (χ1n) is 9.47. The number of methoxy groups -OCH3 is 1. The van der Waals surface area contributed by atoms with Crippen LogP contribution in [-0.2, 0) is 10.3 Å². The maximum Gasteiger partial charge on any atom is 0.295 e. The molecular formula is C17H20FN7O2. The normalized spacial score (nSPS) is 30.2. The van der Waals surface area contributed by atoms with E-state index in [0.717, 1.165) is 38.5 Å². The van der Waals surface area contributed by atoms with E-state index >= 15 is 0 Å². The third-order valence-corrected chi connectivity index (χ3v) is 6.43. The summed E-state index contributed by atoms with van der Waals surface area (Å²) >= 11 is 0. The topological polar surface area (TPSA) is 93.6 Å². The Balaban J connectivity index is 1.41. The number of imidazole rings is 1. The number of ether oxygens (including phenoxy) is 1. The Morgan fingerprint density at radius 3 is 3.00 bits per heavy atom. The molecule has 0 amide bonds. The van der Waals surface area contributed by atoms with Crippen LogP contribution in [0.2, 0.25) is 0 Å². The summed E-state index contributed by atoms with van der Waals surface area (Å²) in [5.74, 6) is 2.28. The summed E-state index contributed by atoms with van der Waals surface area (Å²) in [5, 5.41) is 8.59. The van der Waals surface area contributed by atoms with E-state index in [1.165, 1.54) is 0 Å². The minimum absolute atomic E-state index is 0.0541. The van der Waals surface area contributed by atoms with Crippen LogP contribution in [0.1, 0.15) is 56.3 Å². The number of fused-ring (bicyclic) bond motifs is 6. The summed E-state index contributed by atoms with van der Waals surface area (Å²) in [7, 11) is 1.66. The van der Waals surface area contributed by atoms with Crippen LogP contribution in [-0.4, -0.2) is 38.8 Å². The number of amidine groups is 1. The van der Waals surface area contributed by atoms with Crippen LogP contribution in [0, 0.1) is 12.0 Å². The average molecular weight is 373 g/mol. The van der Waals surface area contributed by atoms with Crippen LogP contribution in [0.5, 0.6) is 0 Å². The second-order valence-corrected chi connectivity index (χ2v) is 7.77. The van der Waals surface area contributed by atoms with Crippen molar-refractivity contribution >= 4 is 11.7 Å². The fraction of sp³-hybridized carbons (Fsp3) is 0.647. The summed E-state index contributed by atoms with van der Waals surface area (Å²) in [6.45, 7) is 0. The smallest absolute Gasteiger partial charge is 0.295 e. The number of aromatic nitrogens is 4. The lowest BCUT2D eigenvalue weighted by atomic mass is 9.80. The largest absolute Gasteiger partial charge is 0.370 e. The fourth-order valence-electron chi connectivity index (χ4n) is 4.84. The fourth-order valence-corrected chi connectivity index (χ4v) is 4.84. The molecule has 0 radical (unpaired) electrons. The van der Waals surface area contributed by atoms with Crippen LogP contribution in [0.25, 0.3) is 0 Å². The van der Waals surface area contributed by atoms with Crippen LogP contribution >= 0.6 is 0 Å². The molecule has 2 aliphatic carbocycles. The molecule has 3 unspecified atom stereocenters. The highest BCUT2D eigenvalue weighted by Crippen LogP contribution is 2.48. The van der Waals surface area contributed by atoms with Gasteiger partial charge < -0.3 is 9.26 Å². The van der Waals surface area contributed by atoms with Crippen molar-refractivity contribution in [3.8, 4) is 0 Å². The lowest BCUT2D eigenvalue weighted by Crippen LogP contribution is -2.54. The van der Waals surface area contributed by atoms with Crippen molar-refractivity contribution in [1.82, 2.24) is 25.1 Å². The third kappa shape index (κ3) is 2.01. The maximum atomic E-state index is 14.5. The van der Waals surface area contributed by atoms with E-state index in [4.69, 9.17) is 9.26 Å². The number of nitrogens with zero attached hydrogens (tertiary/aromatic N) is 6. The van der Waals surface area contributed by atoms with Crippen molar-refractivity contribution < 1.29 is 13.7 Å². The van der Waals surface area contributed by atoms with Crippen LogP contribution in [0.3, 0.4) is 0 Å². The zero-order valence-electron chi connectivity index (χ0n) is 14.9. The molecule has 6 rings (SSSR count). The van der Waals surface area contributed by atoms with Gasteiger partial charge in [-0.15, -0.1) is 0 Å². The molecule has 2 fully saturated rings. The summed E-state index contributed by atoms with van der Waals surface area (Å²) < 4.78 is 27.2. The molecule has 4 heterocycles. The molecule has 0 aromatic carbocycles. The number of anilines is 1. The molecule has 0 spiro atoms. The predicted molar refractivity (Wildman–Crippen MR) is 91.3 cm³/mol. The van der Waals surface area contributed by atoms with Gasteiger partial charge >= 0.3 is 0 Å². The summed E-state index contributed by atoms with van der Waals surface area (Å²) in [5.41, 5.74) is 2.79. The van der Waals surface area contributed by atoms with Gasteiger partial charge in [0.1, 0.15) is 17.6 Å². The second-order valence-electron chi connectivity index (χ2n) is 7.77. The number of hydrazone groups is 1. The minimum atomic E-state index is -0.450. The average Bonchev–Trinajstić information content (AvgIpc) is 3.03. The Morgan fingerprint density at radius 1 is 1.33 bits per heavy atom. The minimum Gasteiger partial charge on any atom is -0.370 e. The Morgan fingerprint density at radius 2 is 2.19 bits per heavy atom. The maximum absolute atomic E-state index is 14.5. The van der Waals surface area contributed by atoms with Crippen LogP contribution in [0.4, 0.5) is 10.2 Å². The first-order valence-corrected chi connectivity index (χ1v) is 9.47. The van der Waals surface area contributed by atoms with Gasteiger partial charge in [0.25, 0.3) is 12.0 Å². The SMILES string of the molecule is COC1(c2noc(C3=NNC4C5CCCCC5n5c(cnc5F)N34)n2)CC1. The standard InChI is InChI=1S/C17H20FN7O2/c1-26-17(6-7-17)15-20-14(27-23-15)13-22-21-12-9-4-2-3-5-10(9)24-11(25(12)13)8-19-16(24)18/h8-10,12,21H,2-7H2,1H3. The number of halogens is 1. The second kappa shape index (κ2) is 5.28. The highest BCUT2D eigenvalue weighted by Gasteiger charge is 2.51. The monoisotopic (exact) mass is 373 g/mol. The molecule has 0 saturated heterocycles. The first-order chi connectivity index (χ1) is 13.2. The van der Waals surface area contributed by atoms with Gasteiger partial charge in [0.05, 0.1) is 6.20 Å². The van der Waals surface area contributed by atoms with Crippen molar-refractivity contribution in [3.05, 3.63) is 24.0 Å². The first kappa shape index (κ1) is 15.6. The molecule has 4 aliphatic rings. The Kier molecular flexibility index (Phi) is 3.04. The van der Waals surface area contributed by atoms with E-state index in [0.29, 0.717) is 23.4 Å². The molecule has 27 heavy (non-hydrogen) atoms. The summed E-state index contributed by atoms with van der Waals surface area (Å²) in [4.78, 5) is 10.4. The molecule has 3 atom stereocenters. The van der Waals surface area contributed by atoms with E-state index in [1.807, 2.05) is 4.90 Å². The highest BCUT2D eigenvalue weighted by atomic mass is 19.1. The van der Waals surface area contributed by atoms with E-state index in [2.05, 4.69) is 25.7 Å². The Bertz CT molecular complexity index is 934. The third-order valence-electron chi connectivity index (χ3n) is 6.43. The van der Waals surface area contributed by atoms with Crippen LogP contribution in [0.15, 0.2) is 15.8 Å². The van der Waals surface area contributed by atoms with Crippen molar-refractivity contribution in [3.63, 3.8) is 0 Å². The highest BCUT2D eigenvalue weighted by molar-refractivity contribution is 6.08. The molecule has 0 bridgehead atoms. The molecule has 2 aromatic rings. The lowest BCUT2D eigenvalue weighted by molar-refractivity contribution is 0.0689. The number of rotatable bonds is 3. The van der Waals surface area contributed by atoms with E-state index in [9.17, 15) is 4.39 Å². The van der Waals surface area contributed by atoms with Crippen LogP contribution < -0.4 is 10.3 Å².